The molecule has 0 heterocycles. The Hall–Kier alpha value is -2.61. The molecule has 156 valence electrons. The first-order valence-corrected chi connectivity index (χ1v) is 11.4. The number of rotatable bonds is 8. The lowest BCUT2D eigenvalue weighted by Gasteiger charge is -2.11. The molecule has 6 nitrogen and oxygen atoms in total. The maximum absolute atomic E-state index is 14.0. The highest BCUT2D eigenvalue weighted by molar-refractivity contribution is 7.92. The van der Waals surface area contributed by atoms with Gasteiger partial charge in [0.15, 0.2) is 6.61 Å². The maximum atomic E-state index is 14.0. The second-order valence-corrected chi connectivity index (χ2v) is 9.05. The van der Waals surface area contributed by atoms with Crippen LogP contribution in [-0.2, 0) is 21.4 Å². The number of amides is 1. The van der Waals surface area contributed by atoms with Gasteiger partial charge in [-0.15, -0.1) is 0 Å². The van der Waals surface area contributed by atoms with Gasteiger partial charge in [0.1, 0.15) is 11.6 Å². The molecular weight excluding hydrogens is 395 g/mol. The van der Waals surface area contributed by atoms with Crippen LogP contribution in [-0.4, -0.2) is 27.2 Å². The molecule has 1 saturated carbocycles. The molecule has 8 heteroatoms. The summed E-state index contributed by atoms with van der Waals surface area (Å²) in [6, 6.07) is 11.9. The van der Waals surface area contributed by atoms with Crippen molar-refractivity contribution in [1.82, 2.24) is 5.32 Å². The smallest absolute Gasteiger partial charge is 0.258 e. The number of hydrogen-bond acceptors (Lipinski definition) is 4. The van der Waals surface area contributed by atoms with Crippen molar-refractivity contribution < 1.29 is 22.3 Å². The molecule has 1 amide bonds. The summed E-state index contributed by atoms with van der Waals surface area (Å²) in [6.07, 6.45) is 5.97. The van der Waals surface area contributed by atoms with E-state index in [1.165, 1.54) is 43.4 Å². The SMILES string of the molecule is CS(=O)(=O)Nc1ccc(CNC(=O)COc2ccc(C3CCCC3)cc2)cc1F. The summed E-state index contributed by atoms with van der Waals surface area (Å²) in [7, 11) is -3.56. The van der Waals surface area contributed by atoms with Crippen LogP contribution in [0.3, 0.4) is 0 Å². The Morgan fingerprint density at radius 1 is 1.14 bits per heavy atom. The Kier molecular flexibility index (Phi) is 6.74. The molecule has 0 bridgehead atoms. The zero-order valence-electron chi connectivity index (χ0n) is 16.3. The van der Waals surface area contributed by atoms with Crippen LogP contribution in [0.15, 0.2) is 42.5 Å². The molecule has 1 fully saturated rings. The van der Waals surface area contributed by atoms with Gasteiger partial charge in [-0.1, -0.05) is 31.0 Å². The molecule has 0 saturated heterocycles. The van der Waals surface area contributed by atoms with Crippen LogP contribution in [0.2, 0.25) is 0 Å². The van der Waals surface area contributed by atoms with E-state index in [0.717, 1.165) is 6.26 Å². The van der Waals surface area contributed by atoms with E-state index in [1.54, 1.807) is 6.07 Å². The minimum absolute atomic E-state index is 0.110. The number of carbonyl (C=O) groups excluding carboxylic acids is 1. The van der Waals surface area contributed by atoms with Gasteiger partial charge in [-0.3, -0.25) is 9.52 Å². The lowest BCUT2D eigenvalue weighted by molar-refractivity contribution is -0.123. The van der Waals surface area contributed by atoms with Crippen molar-refractivity contribution in [1.29, 1.82) is 0 Å². The minimum Gasteiger partial charge on any atom is -0.484 e. The van der Waals surface area contributed by atoms with Gasteiger partial charge in [-0.05, 0) is 54.2 Å². The number of benzene rings is 2. The molecule has 2 aromatic rings. The Labute approximate surface area is 170 Å². The van der Waals surface area contributed by atoms with Crippen molar-refractivity contribution in [2.75, 3.05) is 17.6 Å². The van der Waals surface area contributed by atoms with Gasteiger partial charge in [0.25, 0.3) is 5.91 Å². The highest BCUT2D eigenvalue weighted by atomic mass is 32.2. The highest BCUT2D eigenvalue weighted by Gasteiger charge is 2.16. The van der Waals surface area contributed by atoms with Crippen molar-refractivity contribution in [2.45, 2.75) is 38.1 Å². The van der Waals surface area contributed by atoms with Gasteiger partial charge in [0.2, 0.25) is 10.0 Å². The fourth-order valence-electron chi connectivity index (χ4n) is 3.45. The van der Waals surface area contributed by atoms with Gasteiger partial charge >= 0.3 is 0 Å². The fraction of sp³-hybridized carbons (Fsp3) is 0.381. The molecule has 0 aromatic heterocycles. The van der Waals surface area contributed by atoms with Crippen LogP contribution in [0, 0.1) is 5.82 Å². The van der Waals surface area contributed by atoms with Crippen molar-refractivity contribution >= 4 is 21.6 Å². The predicted octanol–water partition coefficient (Wildman–Crippen LogP) is 3.55. The molecule has 0 unspecified atom stereocenters. The Morgan fingerprint density at radius 3 is 2.45 bits per heavy atom. The zero-order chi connectivity index (χ0) is 20.9. The predicted molar refractivity (Wildman–Crippen MR) is 110 cm³/mol. The second kappa shape index (κ2) is 9.26. The van der Waals surface area contributed by atoms with E-state index >= 15 is 0 Å². The van der Waals surface area contributed by atoms with Crippen LogP contribution < -0.4 is 14.8 Å². The summed E-state index contributed by atoms with van der Waals surface area (Å²) in [5, 5.41) is 2.65. The summed E-state index contributed by atoms with van der Waals surface area (Å²) in [5.74, 6) is 0.223. The molecule has 0 aliphatic heterocycles. The number of halogens is 1. The van der Waals surface area contributed by atoms with Crippen molar-refractivity contribution in [2.24, 2.45) is 0 Å². The molecule has 3 rings (SSSR count). The third-order valence-corrected chi connectivity index (χ3v) is 5.49. The van der Waals surface area contributed by atoms with Crippen molar-refractivity contribution in [3.63, 3.8) is 0 Å². The number of hydrogen-bond donors (Lipinski definition) is 2. The molecule has 0 atom stereocenters. The van der Waals surface area contributed by atoms with E-state index in [4.69, 9.17) is 4.74 Å². The monoisotopic (exact) mass is 420 g/mol. The van der Waals surface area contributed by atoms with E-state index in [9.17, 15) is 17.6 Å². The molecule has 2 aromatic carbocycles. The van der Waals surface area contributed by atoms with Crippen LogP contribution in [0.1, 0.15) is 42.7 Å². The van der Waals surface area contributed by atoms with Gasteiger partial charge in [0, 0.05) is 6.54 Å². The van der Waals surface area contributed by atoms with Gasteiger partial charge < -0.3 is 10.1 Å². The number of anilines is 1. The molecule has 1 aliphatic carbocycles. The largest absolute Gasteiger partial charge is 0.484 e. The summed E-state index contributed by atoms with van der Waals surface area (Å²) < 4.78 is 43.9. The first-order valence-electron chi connectivity index (χ1n) is 9.56. The molecule has 2 N–H and O–H groups in total. The first kappa shape index (κ1) is 21.1. The minimum atomic E-state index is -3.56. The summed E-state index contributed by atoms with van der Waals surface area (Å²) in [6.45, 7) is -0.0299. The number of ether oxygens (including phenoxy) is 1. The highest BCUT2D eigenvalue weighted by Crippen LogP contribution is 2.34. The van der Waals surface area contributed by atoms with Gasteiger partial charge in [0.05, 0.1) is 11.9 Å². The average molecular weight is 421 g/mol. The van der Waals surface area contributed by atoms with Crippen LogP contribution in [0.25, 0.3) is 0 Å². The molecule has 1 aliphatic rings. The van der Waals surface area contributed by atoms with Crippen LogP contribution in [0.4, 0.5) is 10.1 Å². The third kappa shape index (κ3) is 6.45. The quantitative estimate of drug-likeness (QED) is 0.684. The Balaban J connectivity index is 1.45. The normalized spacial score (nSPS) is 14.6. The Bertz CT molecular complexity index is 955. The van der Waals surface area contributed by atoms with Crippen molar-refractivity contribution in [3.8, 4) is 5.75 Å². The van der Waals surface area contributed by atoms with Gasteiger partial charge in [-0.2, -0.15) is 0 Å². The van der Waals surface area contributed by atoms with E-state index in [2.05, 4.69) is 22.2 Å². The third-order valence-electron chi connectivity index (χ3n) is 4.90. The van der Waals surface area contributed by atoms with Crippen LogP contribution >= 0.6 is 0 Å². The zero-order valence-corrected chi connectivity index (χ0v) is 17.1. The first-order chi connectivity index (χ1) is 13.8. The van der Waals surface area contributed by atoms with E-state index in [-0.39, 0.29) is 24.7 Å². The molecule has 29 heavy (non-hydrogen) atoms. The van der Waals surface area contributed by atoms with E-state index in [1.807, 2.05) is 12.1 Å². The lowest BCUT2D eigenvalue weighted by Crippen LogP contribution is -2.28. The van der Waals surface area contributed by atoms with Crippen LogP contribution in [0.5, 0.6) is 5.75 Å². The second-order valence-electron chi connectivity index (χ2n) is 7.30. The lowest BCUT2D eigenvalue weighted by atomic mass is 9.98. The summed E-state index contributed by atoms with van der Waals surface area (Å²) in [5.41, 5.74) is 1.69. The standard InChI is InChI=1S/C21H25FN2O4S/c1-29(26,27)24-20-11-6-15(12-19(20)22)13-23-21(25)14-28-18-9-7-17(8-10-18)16-4-2-3-5-16/h6-12,16,24H,2-5,13-14H2,1H3,(H,23,25). The molecule has 0 spiro atoms. The van der Waals surface area contributed by atoms with Crippen molar-refractivity contribution in [3.05, 3.63) is 59.4 Å². The molecular formula is C21H25FN2O4S. The number of carbonyl (C=O) groups is 1. The van der Waals surface area contributed by atoms with Gasteiger partial charge in [-0.25, -0.2) is 12.8 Å². The fourth-order valence-corrected chi connectivity index (χ4v) is 4.01. The van der Waals surface area contributed by atoms with E-state index < -0.39 is 15.8 Å². The van der Waals surface area contributed by atoms with E-state index in [0.29, 0.717) is 17.2 Å². The average Bonchev–Trinajstić information content (AvgIpc) is 3.21. The maximum Gasteiger partial charge on any atom is 0.258 e. The topological polar surface area (TPSA) is 84.5 Å². The summed E-state index contributed by atoms with van der Waals surface area (Å²) >= 11 is 0. The number of nitrogens with one attached hydrogen (secondary N) is 2. The number of sulfonamides is 1. The summed E-state index contributed by atoms with van der Waals surface area (Å²) in [4.78, 5) is 12.0. The Morgan fingerprint density at radius 2 is 1.83 bits per heavy atom. The molecule has 0 radical (unpaired) electrons.